The molecule has 0 aliphatic rings. The van der Waals surface area contributed by atoms with Gasteiger partial charge in [0.1, 0.15) is 0 Å². The molecule has 3 nitrogen and oxygen atoms in total. The minimum absolute atomic E-state index is 0.118. The van der Waals surface area contributed by atoms with Crippen molar-refractivity contribution >= 4 is 5.91 Å². The molecular weight excluding hydrogens is 236 g/mol. The lowest BCUT2D eigenvalue weighted by Gasteiger charge is -2.06. The highest BCUT2D eigenvalue weighted by Gasteiger charge is 2.01. The van der Waals surface area contributed by atoms with Gasteiger partial charge in [-0.2, -0.15) is 0 Å². The first-order valence-corrected chi connectivity index (χ1v) is 6.67. The van der Waals surface area contributed by atoms with Crippen LogP contribution in [0.1, 0.15) is 17.5 Å². The molecule has 0 atom stereocenters. The van der Waals surface area contributed by atoms with E-state index in [2.05, 4.69) is 41.1 Å². The first-order chi connectivity index (χ1) is 9.24. The number of hydrogen-bond donors (Lipinski definition) is 1. The largest absolute Gasteiger partial charge is 0.354 e. The van der Waals surface area contributed by atoms with Gasteiger partial charge in [0.15, 0.2) is 0 Å². The van der Waals surface area contributed by atoms with Gasteiger partial charge in [-0.3, -0.25) is 4.79 Å². The fourth-order valence-electron chi connectivity index (χ4n) is 1.94. The molecule has 0 aliphatic heterocycles. The summed E-state index contributed by atoms with van der Waals surface area (Å²) in [5.74, 6) is 0.118. The van der Waals surface area contributed by atoms with Gasteiger partial charge in [-0.05, 0) is 31.0 Å². The summed E-state index contributed by atoms with van der Waals surface area (Å²) in [6, 6.07) is 12.3. The summed E-state index contributed by atoms with van der Waals surface area (Å²) >= 11 is 0. The van der Waals surface area contributed by atoms with E-state index in [1.807, 2.05) is 24.5 Å². The number of amides is 1. The molecule has 0 saturated heterocycles. The number of benzene rings is 1. The van der Waals surface area contributed by atoms with E-state index in [4.69, 9.17) is 0 Å². The fourth-order valence-corrected chi connectivity index (χ4v) is 1.94. The Kier molecular flexibility index (Phi) is 4.78. The molecule has 100 valence electrons. The number of nitrogens with zero attached hydrogens (tertiary/aromatic N) is 1. The average molecular weight is 256 g/mol. The normalized spacial score (nSPS) is 10.4. The average Bonchev–Trinajstić information content (AvgIpc) is 2.91. The van der Waals surface area contributed by atoms with E-state index in [0.29, 0.717) is 13.0 Å². The molecule has 0 saturated carbocycles. The zero-order valence-electron chi connectivity index (χ0n) is 11.3. The van der Waals surface area contributed by atoms with E-state index in [9.17, 15) is 4.79 Å². The zero-order chi connectivity index (χ0) is 13.5. The molecule has 0 radical (unpaired) electrons. The predicted octanol–water partition coefficient (Wildman–Crippen LogP) is 2.55. The third kappa shape index (κ3) is 4.62. The van der Waals surface area contributed by atoms with Crippen molar-refractivity contribution < 1.29 is 4.79 Å². The Morgan fingerprint density at radius 3 is 2.53 bits per heavy atom. The SMILES string of the molecule is Cc1ccc(CCC(=O)NCCn2cccc2)cc1. The van der Waals surface area contributed by atoms with Gasteiger partial charge in [0.25, 0.3) is 0 Å². The van der Waals surface area contributed by atoms with Crippen LogP contribution in [0, 0.1) is 6.92 Å². The Morgan fingerprint density at radius 2 is 1.84 bits per heavy atom. The molecule has 0 unspecified atom stereocenters. The van der Waals surface area contributed by atoms with E-state index in [-0.39, 0.29) is 5.91 Å². The summed E-state index contributed by atoms with van der Waals surface area (Å²) in [5, 5.41) is 2.94. The monoisotopic (exact) mass is 256 g/mol. The van der Waals surface area contributed by atoms with Crippen LogP contribution in [0.25, 0.3) is 0 Å². The maximum atomic E-state index is 11.7. The molecule has 3 heteroatoms. The standard InChI is InChI=1S/C16H20N2O/c1-14-4-6-15(7-5-14)8-9-16(19)17-10-13-18-11-2-3-12-18/h2-7,11-12H,8-10,13H2,1H3,(H,17,19). The van der Waals surface area contributed by atoms with Gasteiger partial charge in [-0.15, -0.1) is 0 Å². The van der Waals surface area contributed by atoms with Gasteiger partial charge in [0, 0.05) is 31.9 Å². The van der Waals surface area contributed by atoms with Gasteiger partial charge in [-0.25, -0.2) is 0 Å². The highest BCUT2D eigenvalue weighted by molar-refractivity contribution is 5.76. The van der Waals surface area contributed by atoms with Gasteiger partial charge in [0.2, 0.25) is 5.91 Å². The molecule has 1 aromatic heterocycles. The molecule has 1 heterocycles. The number of carbonyl (C=O) groups is 1. The smallest absolute Gasteiger partial charge is 0.220 e. The van der Waals surface area contributed by atoms with Crippen molar-refractivity contribution in [3.8, 4) is 0 Å². The van der Waals surface area contributed by atoms with E-state index in [1.165, 1.54) is 11.1 Å². The Bertz CT molecular complexity index is 500. The predicted molar refractivity (Wildman–Crippen MR) is 76.9 cm³/mol. The van der Waals surface area contributed by atoms with Crippen molar-refractivity contribution in [3.05, 3.63) is 59.9 Å². The Morgan fingerprint density at radius 1 is 1.16 bits per heavy atom. The van der Waals surface area contributed by atoms with Gasteiger partial charge >= 0.3 is 0 Å². The second kappa shape index (κ2) is 6.78. The van der Waals surface area contributed by atoms with Crippen LogP contribution in [0.5, 0.6) is 0 Å². The van der Waals surface area contributed by atoms with Crippen molar-refractivity contribution in [1.82, 2.24) is 9.88 Å². The second-order valence-corrected chi connectivity index (χ2v) is 4.76. The minimum Gasteiger partial charge on any atom is -0.354 e. The maximum absolute atomic E-state index is 11.7. The minimum atomic E-state index is 0.118. The van der Waals surface area contributed by atoms with E-state index < -0.39 is 0 Å². The third-order valence-electron chi connectivity index (χ3n) is 3.12. The lowest BCUT2D eigenvalue weighted by molar-refractivity contribution is -0.121. The molecule has 1 aromatic carbocycles. The van der Waals surface area contributed by atoms with Crippen molar-refractivity contribution in [2.45, 2.75) is 26.3 Å². The third-order valence-corrected chi connectivity index (χ3v) is 3.12. The summed E-state index contributed by atoms with van der Waals surface area (Å²) in [6.45, 7) is 3.57. The highest BCUT2D eigenvalue weighted by Crippen LogP contribution is 2.05. The molecule has 0 spiro atoms. The van der Waals surface area contributed by atoms with Gasteiger partial charge in [-0.1, -0.05) is 29.8 Å². The van der Waals surface area contributed by atoms with Gasteiger partial charge in [0.05, 0.1) is 0 Å². The Hall–Kier alpha value is -2.03. The van der Waals surface area contributed by atoms with Crippen LogP contribution in [0.4, 0.5) is 0 Å². The first kappa shape index (κ1) is 13.4. The molecule has 19 heavy (non-hydrogen) atoms. The first-order valence-electron chi connectivity index (χ1n) is 6.67. The number of carbonyl (C=O) groups excluding carboxylic acids is 1. The van der Waals surface area contributed by atoms with Crippen molar-refractivity contribution in [2.75, 3.05) is 6.54 Å². The van der Waals surface area contributed by atoms with Crippen LogP contribution in [-0.2, 0) is 17.8 Å². The number of hydrogen-bond acceptors (Lipinski definition) is 1. The highest BCUT2D eigenvalue weighted by atomic mass is 16.1. The zero-order valence-corrected chi connectivity index (χ0v) is 11.3. The summed E-state index contributed by atoms with van der Waals surface area (Å²) in [6.07, 6.45) is 5.35. The van der Waals surface area contributed by atoms with Crippen LogP contribution in [-0.4, -0.2) is 17.0 Å². The van der Waals surface area contributed by atoms with Crippen molar-refractivity contribution in [3.63, 3.8) is 0 Å². The summed E-state index contributed by atoms with van der Waals surface area (Å²) in [7, 11) is 0. The maximum Gasteiger partial charge on any atom is 0.220 e. The topological polar surface area (TPSA) is 34.0 Å². The number of aromatic nitrogens is 1. The Balaban J connectivity index is 1.65. The van der Waals surface area contributed by atoms with Crippen molar-refractivity contribution in [1.29, 1.82) is 0 Å². The van der Waals surface area contributed by atoms with Crippen LogP contribution in [0.3, 0.4) is 0 Å². The number of nitrogens with one attached hydrogen (secondary N) is 1. The van der Waals surface area contributed by atoms with E-state index in [0.717, 1.165) is 13.0 Å². The van der Waals surface area contributed by atoms with Crippen LogP contribution in [0.15, 0.2) is 48.8 Å². The molecule has 2 rings (SSSR count). The Labute approximate surface area is 114 Å². The van der Waals surface area contributed by atoms with Crippen molar-refractivity contribution in [2.24, 2.45) is 0 Å². The molecule has 0 bridgehead atoms. The summed E-state index contributed by atoms with van der Waals surface area (Å²) < 4.78 is 2.06. The second-order valence-electron chi connectivity index (χ2n) is 4.76. The number of aryl methyl sites for hydroxylation is 2. The molecule has 2 aromatic rings. The molecular formula is C16H20N2O. The van der Waals surface area contributed by atoms with E-state index >= 15 is 0 Å². The molecule has 1 N–H and O–H groups in total. The van der Waals surface area contributed by atoms with Crippen LogP contribution < -0.4 is 5.32 Å². The lowest BCUT2D eigenvalue weighted by atomic mass is 10.1. The quantitative estimate of drug-likeness (QED) is 0.846. The van der Waals surface area contributed by atoms with Gasteiger partial charge < -0.3 is 9.88 Å². The lowest BCUT2D eigenvalue weighted by Crippen LogP contribution is -2.27. The van der Waals surface area contributed by atoms with Crippen LogP contribution >= 0.6 is 0 Å². The molecule has 0 aliphatic carbocycles. The molecule has 0 fully saturated rings. The fraction of sp³-hybridized carbons (Fsp3) is 0.312. The van der Waals surface area contributed by atoms with Crippen LogP contribution in [0.2, 0.25) is 0 Å². The molecule has 1 amide bonds. The summed E-state index contributed by atoms with van der Waals surface area (Å²) in [5.41, 5.74) is 2.46. The van der Waals surface area contributed by atoms with E-state index in [1.54, 1.807) is 0 Å². The summed E-state index contributed by atoms with van der Waals surface area (Å²) in [4.78, 5) is 11.7. The number of rotatable bonds is 6.